The minimum atomic E-state index is -0.488. The van der Waals surface area contributed by atoms with Crippen molar-refractivity contribution >= 4 is 23.2 Å². The highest BCUT2D eigenvalue weighted by atomic mass is 16.2. The molecule has 0 saturated heterocycles. The molecule has 0 aliphatic heterocycles. The molecule has 0 aliphatic rings. The summed E-state index contributed by atoms with van der Waals surface area (Å²) in [6, 6.07) is 14.3. The minimum absolute atomic E-state index is 0.0505. The summed E-state index contributed by atoms with van der Waals surface area (Å²) in [5.74, 6) is -0.727. The number of tetrazole rings is 1. The summed E-state index contributed by atoms with van der Waals surface area (Å²) >= 11 is 0. The Bertz CT molecular complexity index is 917. The number of amides is 2. The third kappa shape index (κ3) is 4.05. The molecule has 25 heavy (non-hydrogen) atoms. The molecule has 8 heteroatoms. The van der Waals surface area contributed by atoms with Gasteiger partial charge in [-0.05, 0) is 42.5 Å². The second kappa shape index (κ2) is 6.91. The first-order valence-electron chi connectivity index (χ1n) is 7.57. The molecule has 0 aliphatic carbocycles. The van der Waals surface area contributed by atoms with E-state index in [1.807, 2.05) is 31.2 Å². The van der Waals surface area contributed by atoms with Gasteiger partial charge >= 0.3 is 0 Å². The third-order valence-electron chi connectivity index (χ3n) is 3.32. The number of aryl methyl sites for hydroxylation is 1. The van der Waals surface area contributed by atoms with Crippen molar-refractivity contribution in [2.45, 2.75) is 13.8 Å². The maximum atomic E-state index is 12.3. The Morgan fingerprint density at radius 2 is 1.68 bits per heavy atom. The van der Waals surface area contributed by atoms with Crippen LogP contribution >= 0.6 is 0 Å². The summed E-state index contributed by atoms with van der Waals surface area (Å²) in [6.45, 7) is 3.39. The van der Waals surface area contributed by atoms with Crippen molar-refractivity contribution in [2.75, 3.05) is 10.6 Å². The Morgan fingerprint density at radius 1 is 1.00 bits per heavy atom. The van der Waals surface area contributed by atoms with Crippen molar-refractivity contribution in [3.8, 4) is 5.69 Å². The number of rotatable bonds is 4. The molecule has 126 valence electrons. The second-order valence-corrected chi connectivity index (χ2v) is 5.45. The Hall–Kier alpha value is -3.55. The molecule has 0 atom stereocenters. The van der Waals surface area contributed by atoms with E-state index >= 15 is 0 Å². The second-order valence-electron chi connectivity index (χ2n) is 5.45. The maximum Gasteiger partial charge on any atom is 0.297 e. The number of benzene rings is 2. The average Bonchev–Trinajstić information content (AvgIpc) is 3.05. The van der Waals surface area contributed by atoms with Crippen LogP contribution in [-0.2, 0) is 4.79 Å². The number of hydrogen-bond acceptors (Lipinski definition) is 5. The van der Waals surface area contributed by atoms with Gasteiger partial charge in [-0.25, -0.2) is 0 Å². The lowest BCUT2D eigenvalue weighted by Crippen LogP contribution is -2.14. The molecule has 2 N–H and O–H groups in total. The molecule has 1 aromatic heterocycles. The van der Waals surface area contributed by atoms with Crippen LogP contribution in [-0.4, -0.2) is 32.0 Å². The molecule has 3 rings (SSSR count). The van der Waals surface area contributed by atoms with Gasteiger partial charge in [0.25, 0.3) is 11.7 Å². The van der Waals surface area contributed by atoms with Gasteiger partial charge in [-0.2, -0.15) is 0 Å². The van der Waals surface area contributed by atoms with Crippen LogP contribution in [0.4, 0.5) is 11.4 Å². The van der Waals surface area contributed by atoms with Crippen LogP contribution in [0.25, 0.3) is 5.69 Å². The lowest BCUT2D eigenvalue weighted by molar-refractivity contribution is -0.114. The van der Waals surface area contributed by atoms with E-state index < -0.39 is 5.91 Å². The van der Waals surface area contributed by atoms with Gasteiger partial charge in [-0.3, -0.25) is 9.59 Å². The molecule has 8 nitrogen and oxygen atoms in total. The number of nitrogens with zero attached hydrogens (tertiary/aromatic N) is 4. The predicted molar refractivity (Wildman–Crippen MR) is 92.6 cm³/mol. The molecule has 2 amide bonds. The van der Waals surface area contributed by atoms with E-state index in [0.717, 1.165) is 5.56 Å². The van der Waals surface area contributed by atoms with Crippen LogP contribution in [0.3, 0.4) is 0 Å². The van der Waals surface area contributed by atoms with Crippen molar-refractivity contribution < 1.29 is 9.59 Å². The van der Waals surface area contributed by atoms with Gasteiger partial charge in [0.15, 0.2) is 0 Å². The standard InChI is InChI=1S/C17H16N6O2/c1-11-6-8-15(9-7-11)23-21-16(20-22-23)17(25)19-14-5-3-4-13(10-14)18-12(2)24/h3-10H,1-2H3,(H,18,24)(H,19,25). The summed E-state index contributed by atoms with van der Waals surface area (Å²) in [5.41, 5.74) is 2.93. The number of carbonyl (C=O) groups is 2. The summed E-state index contributed by atoms with van der Waals surface area (Å²) < 4.78 is 0. The van der Waals surface area contributed by atoms with Gasteiger partial charge in [-0.15, -0.1) is 15.0 Å². The zero-order valence-corrected chi connectivity index (χ0v) is 13.7. The first-order chi connectivity index (χ1) is 12.0. The van der Waals surface area contributed by atoms with E-state index in [-0.39, 0.29) is 11.7 Å². The monoisotopic (exact) mass is 336 g/mol. The van der Waals surface area contributed by atoms with Crippen molar-refractivity contribution in [2.24, 2.45) is 0 Å². The quantitative estimate of drug-likeness (QED) is 0.760. The highest BCUT2D eigenvalue weighted by Gasteiger charge is 2.14. The minimum Gasteiger partial charge on any atom is -0.326 e. The fourth-order valence-corrected chi connectivity index (χ4v) is 2.16. The summed E-state index contributed by atoms with van der Waals surface area (Å²) in [6.07, 6.45) is 0. The molecule has 0 unspecified atom stereocenters. The van der Waals surface area contributed by atoms with E-state index in [0.29, 0.717) is 17.1 Å². The fraction of sp³-hybridized carbons (Fsp3) is 0.118. The zero-order valence-electron chi connectivity index (χ0n) is 13.7. The maximum absolute atomic E-state index is 12.3. The van der Waals surface area contributed by atoms with Crippen molar-refractivity contribution in [1.82, 2.24) is 20.2 Å². The topological polar surface area (TPSA) is 102 Å². The van der Waals surface area contributed by atoms with Crippen LogP contribution < -0.4 is 10.6 Å². The first kappa shape index (κ1) is 16.3. The van der Waals surface area contributed by atoms with Gasteiger partial charge in [-0.1, -0.05) is 23.8 Å². The van der Waals surface area contributed by atoms with Crippen LogP contribution in [0.1, 0.15) is 23.1 Å². The van der Waals surface area contributed by atoms with Gasteiger partial charge in [0, 0.05) is 18.3 Å². The van der Waals surface area contributed by atoms with Crippen LogP contribution in [0.5, 0.6) is 0 Å². The number of carbonyl (C=O) groups excluding carboxylic acids is 2. The largest absolute Gasteiger partial charge is 0.326 e. The lowest BCUT2D eigenvalue weighted by atomic mass is 10.2. The molecule has 0 fully saturated rings. The van der Waals surface area contributed by atoms with Gasteiger partial charge < -0.3 is 10.6 Å². The Balaban J connectivity index is 1.74. The Labute approximate surface area is 143 Å². The molecule has 1 heterocycles. The van der Waals surface area contributed by atoms with Gasteiger partial charge in [0.2, 0.25) is 5.91 Å². The highest BCUT2D eigenvalue weighted by molar-refractivity contribution is 6.01. The third-order valence-corrected chi connectivity index (χ3v) is 3.32. The van der Waals surface area contributed by atoms with Crippen LogP contribution in [0.15, 0.2) is 48.5 Å². The number of anilines is 2. The molecule has 3 aromatic rings. The van der Waals surface area contributed by atoms with E-state index in [4.69, 9.17) is 0 Å². The Morgan fingerprint density at radius 3 is 2.36 bits per heavy atom. The predicted octanol–water partition coefficient (Wildman–Crippen LogP) is 2.18. The highest BCUT2D eigenvalue weighted by Crippen LogP contribution is 2.15. The SMILES string of the molecule is CC(=O)Nc1cccc(NC(=O)c2nnn(-c3ccc(C)cc3)n2)c1. The number of nitrogens with one attached hydrogen (secondary N) is 2. The van der Waals surface area contributed by atoms with E-state index in [1.165, 1.54) is 11.7 Å². The van der Waals surface area contributed by atoms with Gasteiger partial charge in [0.05, 0.1) is 5.69 Å². The van der Waals surface area contributed by atoms with Gasteiger partial charge in [0.1, 0.15) is 0 Å². The zero-order chi connectivity index (χ0) is 17.8. The summed E-state index contributed by atoms with van der Waals surface area (Å²) in [7, 11) is 0. The first-order valence-corrected chi connectivity index (χ1v) is 7.57. The normalized spacial score (nSPS) is 10.3. The Kier molecular flexibility index (Phi) is 4.51. The van der Waals surface area contributed by atoms with Crippen molar-refractivity contribution in [3.63, 3.8) is 0 Å². The molecular weight excluding hydrogens is 320 g/mol. The molecular formula is C17H16N6O2. The van der Waals surface area contributed by atoms with E-state index in [2.05, 4.69) is 26.0 Å². The van der Waals surface area contributed by atoms with E-state index in [1.54, 1.807) is 24.3 Å². The summed E-state index contributed by atoms with van der Waals surface area (Å²) in [5, 5.41) is 17.1. The van der Waals surface area contributed by atoms with Crippen molar-refractivity contribution in [1.29, 1.82) is 0 Å². The average molecular weight is 336 g/mol. The molecule has 0 spiro atoms. The number of hydrogen-bond donors (Lipinski definition) is 2. The molecule has 0 radical (unpaired) electrons. The number of aromatic nitrogens is 4. The summed E-state index contributed by atoms with van der Waals surface area (Å²) in [4.78, 5) is 24.7. The van der Waals surface area contributed by atoms with Crippen LogP contribution in [0, 0.1) is 6.92 Å². The van der Waals surface area contributed by atoms with Crippen LogP contribution in [0.2, 0.25) is 0 Å². The molecule has 0 saturated carbocycles. The smallest absolute Gasteiger partial charge is 0.297 e. The fourth-order valence-electron chi connectivity index (χ4n) is 2.16. The van der Waals surface area contributed by atoms with Crippen molar-refractivity contribution in [3.05, 3.63) is 59.9 Å². The molecule has 0 bridgehead atoms. The van der Waals surface area contributed by atoms with E-state index in [9.17, 15) is 9.59 Å². The lowest BCUT2D eigenvalue weighted by Gasteiger charge is -2.06. The molecule has 2 aromatic carbocycles.